The zero-order valence-corrected chi connectivity index (χ0v) is 52.5. The van der Waals surface area contributed by atoms with Crippen LogP contribution in [0.25, 0.3) is 34.7 Å². The fourth-order valence-electron chi connectivity index (χ4n) is 10.1. The Morgan fingerprint density at radius 2 is 0.988 bits per heavy atom. The highest BCUT2D eigenvalue weighted by Gasteiger charge is 2.24. The lowest BCUT2D eigenvalue weighted by molar-refractivity contribution is 0.229. The lowest BCUT2D eigenvalue weighted by atomic mass is 10.0. The Hall–Kier alpha value is -6.33. The molecule has 17 heteroatoms. The zero-order valence-electron chi connectivity index (χ0n) is 47.1. The highest BCUT2D eigenvalue weighted by Crippen LogP contribution is 2.32. The first-order valence-corrected chi connectivity index (χ1v) is 30.3. The number of nitrogens with zero attached hydrogens (tertiary/aromatic N) is 6. The highest BCUT2D eigenvalue weighted by atomic mass is 79.9. The van der Waals surface area contributed by atoms with Crippen LogP contribution in [0.3, 0.4) is 0 Å². The summed E-state index contributed by atoms with van der Waals surface area (Å²) in [4.78, 5) is 40.0. The van der Waals surface area contributed by atoms with E-state index in [-0.39, 0.29) is 27.1 Å². The predicted octanol–water partition coefficient (Wildman–Crippen LogP) is 14.9. The average molecular weight is 1300 g/mol. The molecule has 2 aliphatic heterocycles. The van der Waals surface area contributed by atoms with E-state index in [0.717, 1.165) is 108 Å². The molecule has 8 aromatic rings. The Kier molecular flexibility index (Phi) is 23.4. The van der Waals surface area contributed by atoms with Crippen molar-refractivity contribution in [2.75, 3.05) is 58.8 Å². The van der Waals surface area contributed by atoms with Crippen LogP contribution in [0.2, 0.25) is 15.5 Å². The van der Waals surface area contributed by atoms with Crippen LogP contribution in [0, 0.1) is 0 Å². The number of nitrogens with two attached hydrogens (primary N) is 1. The molecule has 432 valence electrons. The van der Waals surface area contributed by atoms with Crippen molar-refractivity contribution < 1.29 is 9.47 Å². The minimum atomic E-state index is -0.392. The van der Waals surface area contributed by atoms with Crippen LogP contribution in [-0.2, 0) is 13.1 Å². The number of benzene rings is 6. The molecule has 2 fully saturated rings. The van der Waals surface area contributed by atoms with Crippen LogP contribution in [0.5, 0.6) is 11.5 Å². The fourth-order valence-corrected chi connectivity index (χ4v) is 11.7. The molecule has 0 spiro atoms. The van der Waals surface area contributed by atoms with E-state index < -0.39 is 5.56 Å². The Balaban J connectivity index is 0.000000181. The van der Waals surface area contributed by atoms with Crippen molar-refractivity contribution >= 4 is 84.6 Å². The molecule has 2 aliphatic rings. The maximum atomic E-state index is 13.9. The number of piperidine rings is 2. The molecular weight excluding hydrogens is 1230 g/mol. The van der Waals surface area contributed by atoms with Gasteiger partial charge in [0, 0.05) is 58.3 Å². The number of hydrogen-bond acceptors (Lipinski definition) is 10. The lowest BCUT2D eigenvalue weighted by Crippen LogP contribution is -2.41. The normalized spacial score (nSPS) is 14.5. The molecule has 0 saturated carbocycles. The third-order valence-electron chi connectivity index (χ3n) is 14.3. The molecule has 6 aromatic carbocycles. The van der Waals surface area contributed by atoms with Gasteiger partial charge >= 0.3 is 0 Å². The summed E-state index contributed by atoms with van der Waals surface area (Å²) < 4.78 is 15.5. The number of halogens is 5. The summed E-state index contributed by atoms with van der Waals surface area (Å²) in [7, 11) is 3.24. The van der Waals surface area contributed by atoms with Crippen LogP contribution >= 0.6 is 66.7 Å². The van der Waals surface area contributed by atoms with Crippen molar-refractivity contribution in [1.82, 2.24) is 28.9 Å². The number of nitrogens with one attached hydrogen (secondary N) is 1. The smallest absolute Gasteiger partial charge is 0.294 e. The maximum Gasteiger partial charge on any atom is 0.294 e. The van der Waals surface area contributed by atoms with Crippen LogP contribution in [-0.4, -0.2) is 94.5 Å². The van der Waals surface area contributed by atoms with Gasteiger partial charge in [0.05, 0.1) is 38.7 Å². The summed E-state index contributed by atoms with van der Waals surface area (Å²) in [5, 5.41) is 3.75. The summed E-state index contributed by atoms with van der Waals surface area (Å²) in [6.07, 6.45) is 8.63. The van der Waals surface area contributed by atoms with E-state index in [1.54, 1.807) is 18.8 Å². The van der Waals surface area contributed by atoms with Crippen LogP contribution in [0.4, 0.5) is 5.82 Å². The van der Waals surface area contributed by atoms with Gasteiger partial charge in [0.2, 0.25) is 0 Å². The van der Waals surface area contributed by atoms with Gasteiger partial charge in [-0.05, 0) is 123 Å². The van der Waals surface area contributed by atoms with E-state index >= 15 is 0 Å². The quantitative estimate of drug-likeness (QED) is 0.0963. The van der Waals surface area contributed by atoms with Gasteiger partial charge in [-0.1, -0.05) is 199 Å². The zero-order chi connectivity index (χ0) is 58.8. The number of methoxy groups -OCH3 is 2. The van der Waals surface area contributed by atoms with E-state index in [2.05, 4.69) is 138 Å². The third-order valence-corrected chi connectivity index (χ3v) is 16.1. The predicted molar refractivity (Wildman–Crippen MR) is 349 cm³/mol. The lowest BCUT2D eigenvalue weighted by Gasteiger charge is -2.32. The Morgan fingerprint density at radius 1 is 0.566 bits per heavy atom. The first-order chi connectivity index (χ1) is 40.1. The standard InChI is InChI=1S/C33H34BrClN4O2.C18H13BrCl2N2O2.C15H22N2/c1-23(19-24-7-4-3-5-8-24)21-38-17-15-28(16-18-38)36-32-33(40)39(22-25-11-13-29(41-2)14-12-25)30(31(35)37-32)26-9-6-10-27(34)20-26;1-25-14-7-5-11(6-8-14)10-23-15(12-3-2-4-13(19)9-12)16(20)22-17(21)18(23)24;1-13(11-14-5-3-2-4-6-14)12-17-9-7-15(16)8-10-17/h3-14,19-20,28H,15-18,21-22H2,1-2H3,(H,36,37);2-9H,10H2,1H3;2-6,11,15H,7-10,12,16H2,1H3/b23-19+;;13-11+. The average Bonchev–Trinajstić information content (AvgIpc) is 3.34. The van der Waals surface area contributed by atoms with Crippen molar-refractivity contribution in [1.29, 1.82) is 0 Å². The summed E-state index contributed by atoms with van der Waals surface area (Å²) in [6.45, 7) is 11.2. The van der Waals surface area contributed by atoms with Gasteiger partial charge in [0.25, 0.3) is 11.1 Å². The minimum absolute atomic E-state index is 0.145. The second-order valence-corrected chi connectivity index (χ2v) is 23.7. The van der Waals surface area contributed by atoms with E-state index in [9.17, 15) is 9.59 Å². The Bertz CT molecular complexity index is 3590. The van der Waals surface area contributed by atoms with Crippen molar-refractivity contribution in [2.45, 2.75) is 64.7 Å². The van der Waals surface area contributed by atoms with Crippen molar-refractivity contribution in [3.05, 3.63) is 236 Å². The van der Waals surface area contributed by atoms with E-state index in [1.165, 1.54) is 26.8 Å². The maximum absolute atomic E-state index is 13.9. The summed E-state index contributed by atoms with van der Waals surface area (Å²) in [5.41, 5.74) is 15.2. The summed E-state index contributed by atoms with van der Waals surface area (Å²) in [5.74, 6) is 1.80. The second kappa shape index (κ2) is 31.0. The van der Waals surface area contributed by atoms with Crippen molar-refractivity contribution in [2.24, 2.45) is 5.73 Å². The minimum Gasteiger partial charge on any atom is -0.497 e. The monoisotopic (exact) mass is 1300 g/mol. The number of anilines is 1. The SMILES string of the molecule is C/C(=C\c1ccccc1)CN1CCC(N)CC1.COc1ccc(Cn2c(-c3cccc(Br)c3)c(Cl)nc(Cl)c2=O)cc1.COc1ccc(Cn2c(-c3cccc(Br)c3)c(Cl)nc(NC3CCN(C/C(C)=C/c4ccccc4)CC3)c2=O)cc1. The Labute approximate surface area is 518 Å². The molecule has 0 aliphatic carbocycles. The first kappa shape index (κ1) is 62.7. The Morgan fingerprint density at radius 3 is 1.42 bits per heavy atom. The van der Waals surface area contributed by atoms with Gasteiger partial charge in [-0.3, -0.25) is 28.5 Å². The largest absolute Gasteiger partial charge is 0.497 e. The number of rotatable bonds is 16. The molecular formula is C66H69Br2Cl3N8O4. The third kappa shape index (κ3) is 18.3. The summed E-state index contributed by atoms with van der Waals surface area (Å²) in [6, 6.07) is 51.9. The molecule has 0 atom stereocenters. The van der Waals surface area contributed by atoms with Crippen molar-refractivity contribution in [3.8, 4) is 34.0 Å². The molecule has 12 nitrogen and oxygen atoms in total. The van der Waals surface area contributed by atoms with E-state index in [4.69, 9.17) is 50.0 Å². The van der Waals surface area contributed by atoms with E-state index in [1.807, 2.05) is 103 Å². The van der Waals surface area contributed by atoms with Crippen molar-refractivity contribution in [3.63, 3.8) is 0 Å². The molecule has 0 radical (unpaired) electrons. The van der Waals surface area contributed by atoms with Gasteiger partial charge < -0.3 is 20.5 Å². The molecule has 0 unspecified atom stereocenters. The molecule has 83 heavy (non-hydrogen) atoms. The van der Waals surface area contributed by atoms with Gasteiger partial charge in [-0.25, -0.2) is 9.97 Å². The van der Waals surface area contributed by atoms with E-state index in [0.29, 0.717) is 36.3 Å². The highest BCUT2D eigenvalue weighted by molar-refractivity contribution is 9.10. The number of ether oxygens (including phenoxy) is 2. The van der Waals surface area contributed by atoms with Gasteiger partial charge in [0.1, 0.15) is 11.5 Å². The molecule has 10 rings (SSSR count). The second-order valence-electron chi connectivity index (χ2n) is 20.8. The molecule has 4 heterocycles. The topological polar surface area (TPSA) is 133 Å². The van der Waals surface area contributed by atoms with Gasteiger partial charge in [-0.2, -0.15) is 0 Å². The summed E-state index contributed by atoms with van der Waals surface area (Å²) >= 11 is 26.1. The van der Waals surface area contributed by atoms with Crippen LogP contribution in [0.15, 0.2) is 187 Å². The molecule has 3 N–H and O–H groups in total. The number of hydrogen-bond donors (Lipinski definition) is 2. The fraction of sp³-hybridized carbons (Fsp3) is 0.273. The molecule has 0 amide bonds. The van der Waals surface area contributed by atoms with Crippen LogP contribution in [0.1, 0.15) is 61.8 Å². The van der Waals surface area contributed by atoms with Crippen LogP contribution < -0.4 is 31.6 Å². The first-order valence-electron chi connectivity index (χ1n) is 27.6. The number of likely N-dealkylation sites (tertiary alicyclic amines) is 2. The molecule has 2 aromatic heterocycles. The molecule has 0 bridgehead atoms. The molecule has 2 saturated heterocycles. The number of aromatic nitrogens is 4. The van der Waals surface area contributed by atoms with Gasteiger partial charge in [-0.15, -0.1) is 0 Å². The van der Waals surface area contributed by atoms with Gasteiger partial charge in [0.15, 0.2) is 21.3 Å².